The monoisotopic (exact) mass is 711 g/mol. The topological polar surface area (TPSA) is 165 Å². The van der Waals surface area contributed by atoms with E-state index in [4.69, 9.17) is 9.47 Å². The zero-order valence-corrected chi connectivity index (χ0v) is 31.6. The van der Waals surface area contributed by atoms with E-state index in [-0.39, 0.29) is 17.2 Å². The second-order valence-corrected chi connectivity index (χ2v) is 15.1. The van der Waals surface area contributed by atoms with Crippen LogP contribution < -0.4 is 20.7 Å². The number of aromatic nitrogens is 5. The van der Waals surface area contributed by atoms with E-state index in [1.807, 2.05) is 79.0 Å². The predicted octanol–water partition coefficient (Wildman–Crippen LogP) is 5.06. The van der Waals surface area contributed by atoms with Gasteiger partial charge in [0.2, 0.25) is 5.82 Å². The molecule has 2 atom stereocenters. The standard InChI is InChI=1S/C38H49N9O5/c1-11-46(9)36(5,6)22-39-32(49)31-40-28(35(2,3)4)20-29(41-31)42-34(50)43-38(23-48)19-18-27(25-14-12-13-15-26(25)38)52-24-16-17-30-44-45-33(47(30)21-24)37(7,8)51-10/h12-21,23,27H,11,22H2,1-10H3,(H,39,49)(H2,40,41,42,43,50)/t27-,38-/m1/s1. The lowest BCUT2D eigenvalue weighted by molar-refractivity contribution is -0.111. The van der Waals surface area contributed by atoms with Gasteiger partial charge in [0.15, 0.2) is 17.8 Å². The highest BCUT2D eigenvalue weighted by molar-refractivity contribution is 5.94. The highest BCUT2D eigenvalue weighted by Crippen LogP contribution is 2.37. The molecular formula is C38H49N9O5. The number of urea groups is 1. The Hall–Kier alpha value is -5.21. The van der Waals surface area contributed by atoms with Crippen molar-refractivity contribution in [3.8, 4) is 5.75 Å². The predicted molar refractivity (Wildman–Crippen MR) is 197 cm³/mol. The first-order chi connectivity index (χ1) is 24.4. The number of likely N-dealkylation sites (N-methyl/N-ethyl adjacent to an activating group) is 1. The molecule has 1 aliphatic carbocycles. The molecule has 0 unspecified atom stereocenters. The number of pyridine rings is 1. The molecule has 3 N–H and O–H groups in total. The summed E-state index contributed by atoms with van der Waals surface area (Å²) in [5, 5.41) is 17.1. The smallest absolute Gasteiger partial charge is 0.321 e. The Kier molecular flexibility index (Phi) is 10.6. The number of fused-ring (bicyclic) bond motifs is 2. The molecule has 1 aromatic carbocycles. The van der Waals surface area contributed by atoms with Crippen molar-refractivity contribution in [1.82, 2.24) is 40.1 Å². The zero-order valence-electron chi connectivity index (χ0n) is 31.6. The molecule has 0 aliphatic heterocycles. The second-order valence-electron chi connectivity index (χ2n) is 15.1. The van der Waals surface area contributed by atoms with E-state index in [2.05, 4.69) is 41.0 Å². The van der Waals surface area contributed by atoms with Crippen LogP contribution in [0.4, 0.5) is 10.6 Å². The number of amides is 3. The lowest BCUT2D eigenvalue weighted by Gasteiger charge is -2.35. The molecule has 0 bridgehead atoms. The number of benzene rings is 1. The molecule has 14 heteroatoms. The number of hydrogen-bond acceptors (Lipinski definition) is 10. The van der Waals surface area contributed by atoms with Crippen LogP contribution in [-0.2, 0) is 26.1 Å². The second kappa shape index (κ2) is 14.4. The molecule has 5 rings (SSSR count). The Bertz CT molecular complexity index is 2000. The fourth-order valence-corrected chi connectivity index (χ4v) is 5.76. The molecule has 276 valence electrons. The summed E-state index contributed by atoms with van der Waals surface area (Å²) in [7, 11) is 3.60. The molecule has 0 saturated heterocycles. The number of anilines is 1. The molecule has 3 amide bonds. The number of carbonyl (C=O) groups is 3. The van der Waals surface area contributed by atoms with Crippen LogP contribution in [0, 0.1) is 0 Å². The number of nitrogens with one attached hydrogen (secondary N) is 3. The van der Waals surface area contributed by atoms with Crippen molar-refractivity contribution in [2.45, 2.75) is 83.6 Å². The maximum atomic E-state index is 13.6. The summed E-state index contributed by atoms with van der Waals surface area (Å²) in [5.74, 6) is 0.721. The molecule has 3 aromatic heterocycles. The summed E-state index contributed by atoms with van der Waals surface area (Å²) in [6.07, 6.45) is 5.23. The highest BCUT2D eigenvalue weighted by atomic mass is 16.5. The van der Waals surface area contributed by atoms with Crippen LogP contribution in [-0.4, -0.2) is 80.5 Å². The Morgan fingerprint density at radius 2 is 1.77 bits per heavy atom. The Morgan fingerprint density at radius 1 is 1.04 bits per heavy atom. The maximum Gasteiger partial charge on any atom is 0.321 e. The molecule has 0 radical (unpaired) electrons. The lowest BCUT2D eigenvalue weighted by atomic mass is 9.81. The SMILES string of the molecule is CCN(C)C(C)(C)CNC(=O)c1nc(NC(=O)N[C@@]2(C=O)C=C[C@@H](Oc3ccc4nnc(C(C)(C)OC)n4c3)c3ccccc32)cc(C(C)(C)C)n1. The molecule has 14 nitrogen and oxygen atoms in total. The van der Waals surface area contributed by atoms with Gasteiger partial charge in [-0.25, -0.2) is 14.8 Å². The van der Waals surface area contributed by atoms with Gasteiger partial charge in [-0.3, -0.25) is 24.2 Å². The molecule has 52 heavy (non-hydrogen) atoms. The molecule has 0 saturated carbocycles. The van der Waals surface area contributed by atoms with Crippen LogP contribution >= 0.6 is 0 Å². The largest absolute Gasteiger partial charge is 0.480 e. The number of rotatable bonds is 12. The van der Waals surface area contributed by atoms with Gasteiger partial charge in [-0.1, -0.05) is 52.0 Å². The van der Waals surface area contributed by atoms with Crippen LogP contribution in [0.5, 0.6) is 5.75 Å². The number of ether oxygens (including phenoxy) is 2. The van der Waals surface area contributed by atoms with Crippen molar-refractivity contribution in [2.75, 3.05) is 32.6 Å². The summed E-state index contributed by atoms with van der Waals surface area (Å²) >= 11 is 0. The molecule has 0 spiro atoms. The van der Waals surface area contributed by atoms with Gasteiger partial charge in [0.05, 0.1) is 11.9 Å². The van der Waals surface area contributed by atoms with E-state index in [1.165, 1.54) is 0 Å². The average Bonchev–Trinajstić information content (AvgIpc) is 3.55. The van der Waals surface area contributed by atoms with Gasteiger partial charge >= 0.3 is 6.03 Å². The van der Waals surface area contributed by atoms with E-state index in [1.54, 1.807) is 55.8 Å². The van der Waals surface area contributed by atoms with E-state index in [9.17, 15) is 14.4 Å². The summed E-state index contributed by atoms with van der Waals surface area (Å²) < 4.78 is 13.9. The number of methoxy groups -OCH3 is 1. The fourth-order valence-electron chi connectivity index (χ4n) is 5.76. The zero-order chi connectivity index (χ0) is 38.1. The van der Waals surface area contributed by atoms with E-state index >= 15 is 0 Å². The molecule has 4 aromatic rings. The van der Waals surface area contributed by atoms with E-state index < -0.39 is 34.6 Å². The normalized spacial score (nSPS) is 17.5. The van der Waals surface area contributed by atoms with Gasteiger partial charge in [0, 0.05) is 36.2 Å². The van der Waals surface area contributed by atoms with Crippen LogP contribution in [0.3, 0.4) is 0 Å². The number of aldehydes is 1. The number of carbonyl (C=O) groups excluding carboxylic acids is 3. The molecule has 1 aliphatic rings. The summed E-state index contributed by atoms with van der Waals surface area (Å²) in [4.78, 5) is 50.9. The van der Waals surface area contributed by atoms with Gasteiger partial charge in [0.1, 0.15) is 28.8 Å². The summed E-state index contributed by atoms with van der Waals surface area (Å²) in [5.41, 5.74) is -0.561. The first-order valence-electron chi connectivity index (χ1n) is 17.2. The molecule has 0 fully saturated rings. The first kappa shape index (κ1) is 38.0. The van der Waals surface area contributed by atoms with Gasteiger partial charge in [-0.05, 0) is 71.1 Å². The van der Waals surface area contributed by atoms with Crippen molar-refractivity contribution in [3.05, 3.63) is 89.3 Å². The average molecular weight is 712 g/mol. The Labute approximate surface area is 304 Å². The fraction of sp³-hybridized carbons (Fsp3) is 0.447. The Balaban J connectivity index is 1.38. The van der Waals surface area contributed by atoms with Crippen LogP contribution in [0.1, 0.15) is 94.8 Å². The van der Waals surface area contributed by atoms with Crippen LogP contribution in [0.2, 0.25) is 0 Å². The minimum atomic E-state index is -1.52. The van der Waals surface area contributed by atoms with Crippen molar-refractivity contribution in [2.24, 2.45) is 0 Å². The third-order valence-electron chi connectivity index (χ3n) is 9.57. The van der Waals surface area contributed by atoms with E-state index in [0.717, 1.165) is 6.54 Å². The van der Waals surface area contributed by atoms with Gasteiger partial charge < -0.3 is 20.1 Å². The summed E-state index contributed by atoms with van der Waals surface area (Å²) in [6.45, 7) is 17.0. The first-order valence-corrected chi connectivity index (χ1v) is 17.2. The number of nitrogens with zero attached hydrogens (tertiary/aromatic N) is 6. The van der Waals surface area contributed by atoms with Gasteiger partial charge in [0.25, 0.3) is 5.91 Å². The van der Waals surface area contributed by atoms with Crippen molar-refractivity contribution < 1.29 is 23.9 Å². The van der Waals surface area contributed by atoms with Gasteiger partial charge in [-0.15, -0.1) is 10.2 Å². The highest BCUT2D eigenvalue weighted by Gasteiger charge is 2.39. The quantitative estimate of drug-likeness (QED) is 0.134. The van der Waals surface area contributed by atoms with Crippen molar-refractivity contribution in [3.63, 3.8) is 0 Å². The lowest BCUT2D eigenvalue weighted by Crippen LogP contribution is -2.50. The molecular weight excluding hydrogens is 662 g/mol. The number of hydrogen-bond donors (Lipinski definition) is 3. The maximum absolute atomic E-state index is 13.6. The minimum Gasteiger partial charge on any atom is -0.480 e. The van der Waals surface area contributed by atoms with Crippen molar-refractivity contribution >= 4 is 29.7 Å². The van der Waals surface area contributed by atoms with E-state index in [0.29, 0.717) is 46.9 Å². The van der Waals surface area contributed by atoms with Crippen LogP contribution in [0.15, 0.2) is 60.8 Å². The van der Waals surface area contributed by atoms with Crippen molar-refractivity contribution in [1.29, 1.82) is 0 Å². The van der Waals surface area contributed by atoms with Crippen LogP contribution in [0.25, 0.3) is 5.65 Å². The molecule has 3 heterocycles. The third-order valence-corrected chi connectivity index (χ3v) is 9.57. The third kappa shape index (κ3) is 7.82. The summed E-state index contributed by atoms with van der Waals surface area (Å²) in [6, 6.07) is 11.8. The van der Waals surface area contributed by atoms with Gasteiger partial charge in [-0.2, -0.15) is 0 Å². The Morgan fingerprint density at radius 3 is 2.44 bits per heavy atom. The minimum absolute atomic E-state index is 0.0757.